The highest BCUT2D eigenvalue weighted by atomic mass is 15.2. The highest BCUT2D eigenvalue weighted by molar-refractivity contribution is 5.48. The molecule has 2 aliphatic heterocycles. The van der Waals surface area contributed by atoms with Gasteiger partial charge >= 0.3 is 0 Å². The van der Waals surface area contributed by atoms with Crippen molar-refractivity contribution >= 4 is 5.69 Å². The molecule has 0 aliphatic carbocycles. The van der Waals surface area contributed by atoms with Crippen molar-refractivity contribution in [3.8, 4) is 0 Å². The number of anilines is 1. The van der Waals surface area contributed by atoms with Crippen molar-refractivity contribution in [3.63, 3.8) is 0 Å². The van der Waals surface area contributed by atoms with E-state index in [0.29, 0.717) is 0 Å². The van der Waals surface area contributed by atoms with Crippen molar-refractivity contribution in [1.82, 2.24) is 10.2 Å². The van der Waals surface area contributed by atoms with Crippen LogP contribution in [0.25, 0.3) is 0 Å². The van der Waals surface area contributed by atoms with Crippen molar-refractivity contribution in [2.45, 2.75) is 25.8 Å². The molecule has 0 bridgehead atoms. The summed E-state index contributed by atoms with van der Waals surface area (Å²) in [6, 6.07) is 9.72. The van der Waals surface area contributed by atoms with Gasteiger partial charge in [0.1, 0.15) is 0 Å². The largest absolute Gasteiger partial charge is 0.371 e. The maximum absolute atomic E-state index is 3.44. The van der Waals surface area contributed by atoms with E-state index >= 15 is 0 Å². The second-order valence-corrected chi connectivity index (χ2v) is 5.84. The second-order valence-electron chi connectivity index (χ2n) is 5.84. The minimum absolute atomic E-state index is 0.808. The number of piperazine rings is 1. The van der Waals surface area contributed by atoms with E-state index in [9.17, 15) is 0 Å². The molecular formula is C16H25N3. The summed E-state index contributed by atoms with van der Waals surface area (Å²) in [6.07, 6.45) is 2.63. The SMILES string of the molecule is Cc1cccc(N2CCC(N3CCNCC3)CC2)c1. The molecule has 2 aliphatic rings. The molecule has 3 rings (SSSR count). The third-order valence-electron chi connectivity index (χ3n) is 4.50. The molecule has 0 spiro atoms. The number of rotatable bonds is 2. The molecule has 2 saturated heterocycles. The third-order valence-corrected chi connectivity index (χ3v) is 4.50. The second kappa shape index (κ2) is 5.93. The Kier molecular flexibility index (Phi) is 4.04. The molecule has 104 valence electrons. The Morgan fingerprint density at radius 2 is 1.79 bits per heavy atom. The highest BCUT2D eigenvalue weighted by Gasteiger charge is 2.25. The van der Waals surface area contributed by atoms with Crippen molar-refractivity contribution in [2.75, 3.05) is 44.2 Å². The number of hydrogen-bond acceptors (Lipinski definition) is 3. The van der Waals surface area contributed by atoms with Gasteiger partial charge in [-0.25, -0.2) is 0 Å². The fourth-order valence-electron chi connectivity index (χ4n) is 3.36. The van der Waals surface area contributed by atoms with Gasteiger partial charge in [-0.05, 0) is 37.5 Å². The zero-order valence-corrected chi connectivity index (χ0v) is 11.9. The first-order chi connectivity index (χ1) is 9.33. The zero-order chi connectivity index (χ0) is 13.1. The van der Waals surface area contributed by atoms with E-state index in [-0.39, 0.29) is 0 Å². The van der Waals surface area contributed by atoms with Crippen LogP contribution >= 0.6 is 0 Å². The maximum atomic E-state index is 3.44. The fourth-order valence-corrected chi connectivity index (χ4v) is 3.36. The molecule has 0 aromatic heterocycles. The van der Waals surface area contributed by atoms with Crippen LogP contribution in [-0.4, -0.2) is 50.2 Å². The van der Waals surface area contributed by atoms with Gasteiger partial charge in [0, 0.05) is 51.0 Å². The molecule has 3 heteroatoms. The number of aryl methyl sites for hydroxylation is 1. The number of nitrogens with one attached hydrogen (secondary N) is 1. The average Bonchev–Trinajstić information content (AvgIpc) is 2.48. The molecular weight excluding hydrogens is 234 g/mol. The van der Waals surface area contributed by atoms with Gasteiger partial charge in [0.25, 0.3) is 0 Å². The monoisotopic (exact) mass is 259 g/mol. The van der Waals surface area contributed by atoms with Crippen molar-refractivity contribution in [1.29, 1.82) is 0 Å². The van der Waals surface area contributed by atoms with Gasteiger partial charge in [-0.2, -0.15) is 0 Å². The van der Waals surface area contributed by atoms with E-state index in [4.69, 9.17) is 0 Å². The summed E-state index contributed by atoms with van der Waals surface area (Å²) < 4.78 is 0. The van der Waals surface area contributed by atoms with Gasteiger partial charge in [0.15, 0.2) is 0 Å². The normalized spacial score (nSPS) is 22.7. The lowest BCUT2D eigenvalue weighted by atomic mass is 10.0. The van der Waals surface area contributed by atoms with E-state index in [1.807, 2.05) is 0 Å². The first-order valence-electron chi connectivity index (χ1n) is 7.59. The van der Waals surface area contributed by atoms with Crippen LogP contribution in [0.1, 0.15) is 18.4 Å². The smallest absolute Gasteiger partial charge is 0.0368 e. The Morgan fingerprint density at radius 3 is 2.47 bits per heavy atom. The number of nitrogens with zero attached hydrogens (tertiary/aromatic N) is 2. The van der Waals surface area contributed by atoms with Crippen molar-refractivity contribution in [2.24, 2.45) is 0 Å². The van der Waals surface area contributed by atoms with Gasteiger partial charge in [0.2, 0.25) is 0 Å². The van der Waals surface area contributed by atoms with Crippen LogP contribution in [0.5, 0.6) is 0 Å². The molecule has 0 amide bonds. The Morgan fingerprint density at radius 1 is 1.05 bits per heavy atom. The van der Waals surface area contributed by atoms with Crippen LogP contribution in [0.3, 0.4) is 0 Å². The summed E-state index contributed by atoms with van der Waals surface area (Å²) in [6.45, 7) is 9.38. The van der Waals surface area contributed by atoms with Gasteiger partial charge < -0.3 is 10.2 Å². The summed E-state index contributed by atoms with van der Waals surface area (Å²) >= 11 is 0. The molecule has 0 unspecified atom stereocenters. The lowest BCUT2D eigenvalue weighted by Crippen LogP contribution is -2.52. The van der Waals surface area contributed by atoms with E-state index in [0.717, 1.165) is 19.1 Å². The molecule has 3 nitrogen and oxygen atoms in total. The van der Waals surface area contributed by atoms with Gasteiger partial charge in [-0.15, -0.1) is 0 Å². The van der Waals surface area contributed by atoms with E-state index in [2.05, 4.69) is 46.3 Å². The first kappa shape index (κ1) is 12.9. The van der Waals surface area contributed by atoms with Gasteiger partial charge in [-0.1, -0.05) is 12.1 Å². The van der Waals surface area contributed by atoms with Gasteiger partial charge in [0.05, 0.1) is 0 Å². The maximum Gasteiger partial charge on any atom is 0.0368 e. The molecule has 2 heterocycles. The minimum atomic E-state index is 0.808. The quantitative estimate of drug-likeness (QED) is 0.875. The van der Waals surface area contributed by atoms with Crippen LogP contribution in [0.4, 0.5) is 5.69 Å². The van der Waals surface area contributed by atoms with Crippen molar-refractivity contribution in [3.05, 3.63) is 29.8 Å². The Bertz CT molecular complexity index is 404. The lowest BCUT2D eigenvalue weighted by Gasteiger charge is -2.41. The number of hydrogen-bond donors (Lipinski definition) is 1. The minimum Gasteiger partial charge on any atom is -0.371 e. The molecule has 19 heavy (non-hydrogen) atoms. The van der Waals surface area contributed by atoms with Crippen LogP contribution < -0.4 is 10.2 Å². The van der Waals surface area contributed by atoms with Crippen LogP contribution in [0.2, 0.25) is 0 Å². The molecule has 2 fully saturated rings. The van der Waals surface area contributed by atoms with Crippen LogP contribution in [0.15, 0.2) is 24.3 Å². The number of benzene rings is 1. The summed E-state index contributed by atoms with van der Waals surface area (Å²) in [5.41, 5.74) is 2.76. The third kappa shape index (κ3) is 3.10. The molecule has 0 saturated carbocycles. The van der Waals surface area contributed by atoms with E-state index in [1.54, 1.807) is 0 Å². The predicted octanol–water partition coefficient (Wildman–Crippen LogP) is 1.87. The fraction of sp³-hybridized carbons (Fsp3) is 0.625. The summed E-state index contributed by atoms with van der Waals surface area (Å²) in [5.74, 6) is 0. The summed E-state index contributed by atoms with van der Waals surface area (Å²) in [4.78, 5) is 5.23. The van der Waals surface area contributed by atoms with Gasteiger partial charge in [-0.3, -0.25) is 4.90 Å². The Hall–Kier alpha value is -1.06. The standard InChI is InChI=1S/C16H25N3/c1-14-3-2-4-16(13-14)18-9-5-15(6-10-18)19-11-7-17-8-12-19/h2-4,13,15,17H,5-12H2,1H3. The number of piperidine rings is 1. The molecule has 1 N–H and O–H groups in total. The first-order valence-corrected chi connectivity index (χ1v) is 7.59. The Labute approximate surface area is 116 Å². The molecule has 1 aromatic carbocycles. The lowest BCUT2D eigenvalue weighted by molar-refractivity contribution is 0.150. The zero-order valence-electron chi connectivity index (χ0n) is 11.9. The molecule has 0 radical (unpaired) electrons. The van der Waals surface area contributed by atoms with E-state index in [1.165, 1.54) is 50.3 Å². The van der Waals surface area contributed by atoms with Crippen LogP contribution in [0, 0.1) is 6.92 Å². The summed E-state index contributed by atoms with van der Waals surface area (Å²) in [5, 5.41) is 3.44. The summed E-state index contributed by atoms with van der Waals surface area (Å²) in [7, 11) is 0. The predicted molar refractivity (Wildman–Crippen MR) is 80.9 cm³/mol. The topological polar surface area (TPSA) is 18.5 Å². The van der Waals surface area contributed by atoms with Crippen molar-refractivity contribution < 1.29 is 0 Å². The Balaban J connectivity index is 1.57. The van der Waals surface area contributed by atoms with Crippen LogP contribution in [-0.2, 0) is 0 Å². The molecule has 0 atom stereocenters. The average molecular weight is 259 g/mol. The molecule has 1 aromatic rings. The van der Waals surface area contributed by atoms with E-state index < -0.39 is 0 Å². The highest BCUT2D eigenvalue weighted by Crippen LogP contribution is 2.23.